The summed E-state index contributed by atoms with van der Waals surface area (Å²) < 4.78 is 10.9. The van der Waals surface area contributed by atoms with E-state index in [1.165, 1.54) is 11.1 Å². The molecule has 0 bridgehead atoms. The van der Waals surface area contributed by atoms with E-state index in [-0.39, 0.29) is 5.43 Å². The molecule has 3 aromatic rings. The van der Waals surface area contributed by atoms with Gasteiger partial charge in [0.1, 0.15) is 0 Å². The Morgan fingerprint density at radius 1 is 0.903 bits per heavy atom. The molecule has 0 saturated carbocycles. The van der Waals surface area contributed by atoms with Crippen LogP contribution in [0.1, 0.15) is 29.3 Å². The zero-order valence-corrected chi connectivity index (χ0v) is 18.2. The Labute approximate surface area is 182 Å². The number of nitrogens with one attached hydrogen (secondary N) is 1. The summed E-state index contributed by atoms with van der Waals surface area (Å²) in [5, 5.41) is 0.807. The maximum atomic E-state index is 13.2. The van der Waals surface area contributed by atoms with Gasteiger partial charge in [0.15, 0.2) is 16.9 Å². The number of benzene rings is 2. The highest BCUT2D eigenvalue weighted by Crippen LogP contribution is 2.32. The average molecular weight is 420 g/mol. The van der Waals surface area contributed by atoms with Crippen LogP contribution in [0.5, 0.6) is 11.5 Å². The van der Waals surface area contributed by atoms with Crippen LogP contribution in [-0.4, -0.2) is 47.8 Å². The summed E-state index contributed by atoms with van der Waals surface area (Å²) in [5.74, 6) is 1.67. The van der Waals surface area contributed by atoms with E-state index in [9.17, 15) is 4.79 Å². The Bertz CT molecular complexity index is 1160. The van der Waals surface area contributed by atoms with Gasteiger partial charge in [-0.15, -0.1) is 0 Å². The van der Waals surface area contributed by atoms with Crippen LogP contribution < -0.4 is 14.9 Å². The minimum atomic E-state index is 0.171. The molecule has 2 aliphatic heterocycles. The van der Waals surface area contributed by atoms with Gasteiger partial charge in [-0.1, -0.05) is 19.1 Å². The fourth-order valence-corrected chi connectivity index (χ4v) is 4.54. The van der Waals surface area contributed by atoms with Gasteiger partial charge in [0.05, 0.1) is 0 Å². The molecule has 5 rings (SSSR count). The molecule has 2 aliphatic rings. The zero-order valence-electron chi connectivity index (χ0n) is 18.2. The molecule has 0 aliphatic carbocycles. The lowest BCUT2D eigenvalue weighted by Gasteiger charge is -2.34. The van der Waals surface area contributed by atoms with E-state index in [2.05, 4.69) is 39.9 Å². The van der Waals surface area contributed by atoms with E-state index in [0.717, 1.165) is 72.8 Å². The van der Waals surface area contributed by atoms with Gasteiger partial charge < -0.3 is 14.5 Å². The third kappa shape index (κ3) is 4.05. The van der Waals surface area contributed by atoms with E-state index in [0.29, 0.717) is 13.3 Å². The predicted octanol–water partition coefficient (Wildman–Crippen LogP) is 3.45. The Morgan fingerprint density at radius 3 is 2.39 bits per heavy atom. The van der Waals surface area contributed by atoms with Crippen molar-refractivity contribution in [1.82, 2.24) is 14.8 Å². The number of aromatic nitrogens is 1. The van der Waals surface area contributed by atoms with Crippen LogP contribution in [0.4, 0.5) is 0 Å². The lowest BCUT2D eigenvalue weighted by Crippen LogP contribution is -2.46. The average Bonchev–Trinajstić information content (AvgIpc) is 3.25. The first-order chi connectivity index (χ1) is 15.1. The number of nitrogens with zero attached hydrogens (tertiary/aromatic N) is 2. The van der Waals surface area contributed by atoms with Crippen LogP contribution in [0.15, 0.2) is 41.2 Å². The summed E-state index contributed by atoms with van der Waals surface area (Å²) in [4.78, 5) is 21.5. The summed E-state index contributed by atoms with van der Waals surface area (Å²) in [6, 6.07) is 12.4. The van der Waals surface area contributed by atoms with E-state index < -0.39 is 0 Å². The van der Waals surface area contributed by atoms with Crippen LogP contribution in [0.25, 0.3) is 10.9 Å². The van der Waals surface area contributed by atoms with Gasteiger partial charge in [-0.25, -0.2) is 0 Å². The molecule has 2 aromatic carbocycles. The van der Waals surface area contributed by atoms with Crippen molar-refractivity contribution in [2.75, 3.05) is 33.0 Å². The molecule has 0 unspecified atom stereocenters. The number of aromatic amines is 1. The number of fused-ring (bicyclic) bond motifs is 2. The first kappa shape index (κ1) is 20.1. The SMILES string of the molecule is CCc1ccc2[nH]c(C)c(CN3CCN(Cc4ccc5c(c4)OCO5)CC3)c(=O)c2c1. The van der Waals surface area contributed by atoms with Crippen molar-refractivity contribution in [2.45, 2.75) is 33.4 Å². The molecule has 1 N–H and O–H groups in total. The maximum Gasteiger partial charge on any atom is 0.231 e. The molecule has 0 spiro atoms. The van der Waals surface area contributed by atoms with Crippen molar-refractivity contribution >= 4 is 10.9 Å². The first-order valence-corrected chi connectivity index (χ1v) is 11.1. The van der Waals surface area contributed by atoms with E-state index in [4.69, 9.17) is 9.47 Å². The number of hydrogen-bond donors (Lipinski definition) is 1. The monoisotopic (exact) mass is 419 g/mol. The first-order valence-electron chi connectivity index (χ1n) is 11.1. The van der Waals surface area contributed by atoms with Crippen LogP contribution in [0.2, 0.25) is 0 Å². The standard InChI is InChI=1S/C25H29N3O3/c1-3-18-4-6-22-20(12-18)25(29)21(17(2)26-22)15-28-10-8-27(9-11-28)14-19-5-7-23-24(13-19)31-16-30-23/h4-7,12-13H,3,8-11,14-16H2,1-2H3,(H,26,29). The minimum absolute atomic E-state index is 0.171. The Hall–Kier alpha value is -2.83. The van der Waals surface area contributed by atoms with Gasteiger partial charge >= 0.3 is 0 Å². The summed E-state index contributed by atoms with van der Waals surface area (Å²) in [6.07, 6.45) is 0.934. The van der Waals surface area contributed by atoms with Crippen molar-refractivity contribution in [3.63, 3.8) is 0 Å². The molecule has 0 atom stereocenters. The molecule has 6 nitrogen and oxygen atoms in total. The van der Waals surface area contributed by atoms with Crippen molar-refractivity contribution in [3.05, 3.63) is 69.0 Å². The fourth-order valence-electron chi connectivity index (χ4n) is 4.54. The Balaban J connectivity index is 1.25. The molecule has 1 aromatic heterocycles. The van der Waals surface area contributed by atoms with Gasteiger partial charge in [-0.3, -0.25) is 14.6 Å². The van der Waals surface area contributed by atoms with Gasteiger partial charge in [-0.2, -0.15) is 0 Å². The van der Waals surface area contributed by atoms with Crippen LogP contribution >= 0.6 is 0 Å². The second-order valence-corrected chi connectivity index (χ2v) is 8.53. The molecular formula is C25H29N3O3. The third-order valence-electron chi connectivity index (χ3n) is 6.48. The predicted molar refractivity (Wildman–Crippen MR) is 122 cm³/mol. The second kappa shape index (κ2) is 8.36. The largest absolute Gasteiger partial charge is 0.454 e. The molecule has 31 heavy (non-hydrogen) atoms. The van der Waals surface area contributed by atoms with Gasteiger partial charge in [0, 0.05) is 61.4 Å². The van der Waals surface area contributed by atoms with E-state index in [1.807, 2.05) is 25.1 Å². The molecule has 0 amide bonds. The van der Waals surface area contributed by atoms with E-state index >= 15 is 0 Å². The highest BCUT2D eigenvalue weighted by Gasteiger charge is 2.21. The molecule has 3 heterocycles. The van der Waals surface area contributed by atoms with E-state index in [1.54, 1.807) is 0 Å². The maximum absolute atomic E-state index is 13.2. The quantitative estimate of drug-likeness (QED) is 0.687. The van der Waals surface area contributed by atoms with Crippen molar-refractivity contribution < 1.29 is 9.47 Å². The summed E-state index contributed by atoms with van der Waals surface area (Å²) in [5.41, 5.74) is 5.41. The molecular weight excluding hydrogens is 390 g/mol. The number of ether oxygens (including phenoxy) is 2. The number of pyridine rings is 1. The van der Waals surface area contributed by atoms with Gasteiger partial charge in [-0.05, 0) is 48.7 Å². The smallest absolute Gasteiger partial charge is 0.231 e. The number of piperazine rings is 1. The second-order valence-electron chi connectivity index (χ2n) is 8.53. The number of aryl methyl sites for hydroxylation is 2. The minimum Gasteiger partial charge on any atom is -0.454 e. The lowest BCUT2D eigenvalue weighted by molar-refractivity contribution is 0.121. The topological polar surface area (TPSA) is 57.8 Å². The van der Waals surface area contributed by atoms with Gasteiger partial charge in [0.25, 0.3) is 0 Å². The zero-order chi connectivity index (χ0) is 21.4. The molecule has 0 radical (unpaired) electrons. The fraction of sp³-hybridized carbons (Fsp3) is 0.400. The highest BCUT2D eigenvalue weighted by molar-refractivity contribution is 5.80. The molecule has 1 saturated heterocycles. The van der Waals surface area contributed by atoms with Gasteiger partial charge in [0.2, 0.25) is 6.79 Å². The Morgan fingerprint density at radius 2 is 1.61 bits per heavy atom. The number of rotatable bonds is 5. The number of hydrogen-bond acceptors (Lipinski definition) is 5. The number of H-pyrrole nitrogens is 1. The third-order valence-corrected chi connectivity index (χ3v) is 6.48. The molecule has 1 fully saturated rings. The summed E-state index contributed by atoms with van der Waals surface area (Å²) >= 11 is 0. The Kier molecular flexibility index (Phi) is 5.42. The summed E-state index contributed by atoms with van der Waals surface area (Å²) in [7, 11) is 0. The van der Waals surface area contributed by atoms with Crippen LogP contribution in [0.3, 0.4) is 0 Å². The van der Waals surface area contributed by atoms with Crippen LogP contribution in [-0.2, 0) is 19.5 Å². The highest BCUT2D eigenvalue weighted by atomic mass is 16.7. The molecule has 162 valence electrons. The van der Waals surface area contributed by atoms with Crippen molar-refractivity contribution in [3.8, 4) is 11.5 Å². The molecule has 6 heteroatoms. The van der Waals surface area contributed by atoms with Crippen molar-refractivity contribution in [1.29, 1.82) is 0 Å². The van der Waals surface area contributed by atoms with Crippen LogP contribution in [0, 0.1) is 6.92 Å². The lowest BCUT2D eigenvalue weighted by atomic mass is 10.0. The normalized spacial score (nSPS) is 16.8. The summed E-state index contributed by atoms with van der Waals surface area (Å²) in [6.45, 7) is 9.92. The van der Waals surface area contributed by atoms with Crippen molar-refractivity contribution in [2.24, 2.45) is 0 Å².